The van der Waals surface area contributed by atoms with Gasteiger partial charge in [-0.15, -0.1) is 0 Å². The summed E-state index contributed by atoms with van der Waals surface area (Å²) in [4.78, 5) is 11.6. The molecule has 23 heavy (non-hydrogen) atoms. The summed E-state index contributed by atoms with van der Waals surface area (Å²) in [5.41, 5.74) is 6.15. The van der Waals surface area contributed by atoms with E-state index < -0.39 is 5.91 Å². The van der Waals surface area contributed by atoms with E-state index in [1.807, 2.05) is 54.6 Å². The van der Waals surface area contributed by atoms with Crippen LogP contribution < -0.4 is 16.0 Å². The zero-order valence-corrected chi connectivity index (χ0v) is 13.4. The third-order valence-corrected chi connectivity index (χ3v) is 2.80. The molecule has 2 aromatic rings. The number of carbonyl (C=O) groups excluding carboxylic acids is 1. The molecule has 0 aliphatic heterocycles. The maximum Gasteiger partial charge on any atom is 2.00 e. The average Bonchev–Trinajstić information content (AvgIpc) is 3.24. The number of nitrogens with one attached hydrogen (secondary N) is 2. The Kier molecular flexibility index (Phi) is 8.14. The number of benzene rings is 1. The Bertz CT molecular complexity index is 658. The molecule has 0 heterocycles. The number of hydrazine groups is 1. The van der Waals surface area contributed by atoms with Gasteiger partial charge in [-0.05, 0) is 5.57 Å². The van der Waals surface area contributed by atoms with Crippen LogP contribution in [-0.2, 0) is 17.1 Å². The zero-order chi connectivity index (χ0) is 15.6. The minimum atomic E-state index is -0.446. The number of carbonyl (C=O) groups is 1. The molecule has 0 saturated carbocycles. The van der Waals surface area contributed by atoms with Gasteiger partial charge in [0.2, 0.25) is 0 Å². The van der Waals surface area contributed by atoms with Gasteiger partial charge < -0.3 is 10.5 Å². The molecule has 118 valence electrons. The largest absolute Gasteiger partial charge is 2.00 e. The number of hydrogen-bond acceptors (Lipinski definition) is 3. The van der Waals surface area contributed by atoms with Gasteiger partial charge in [0.15, 0.2) is 0 Å². The van der Waals surface area contributed by atoms with Crippen LogP contribution in [0.3, 0.4) is 0 Å². The number of rotatable bonds is 3. The van der Waals surface area contributed by atoms with Crippen molar-refractivity contribution in [2.75, 3.05) is 0 Å². The van der Waals surface area contributed by atoms with Crippen LogP contribution in [0.5, 0.6) is 5.75 Å². The number of amides is 1. The van der Waals surface area contributed by atoms with Crippen molar-refractivity contribution >= 4 is 5.91 Å². The first-order valence-corrected chi connectivity index (χ1v) is 6.81. The molecule has 2 aromatic carbocycles. The minimum absolute atomic E-state index is 0. The summed E-state index contributed by atoms with van der Waals surface area (Å²) < 4.78 is 0. The summed E-state index contributed by atoms with van der Waals surface area (Å²) >= 11 is 0. The van der Waals surface area contributed by atoms with Gasteiger partial charge in [-0.25, -0.2) is 12.1 Å². The summed E-state index contributed by atoms with van der Waals surface area (Å²) in [5.74, 6) is -0.737. The molecule has 0 saturated heterocycles. The summed E-state index contributed by atoms with van der Waals surface area (Å²) in [6.45, 7) is 0. The average molecular weight is 348 g/mol. The maximum absolute atomic E-state index is 11.6. The van der Waals surface area contributed by atoms with Gasteiger partial charge in [0, 0.05) is 11.8 Å². The Morgan fingerprint density at radius 3 is 2.26 bits per heavy atom. The van der Waals surface area contributed by atoms with Gasteiger partial charge in [0.1, 0.15) is 0 Å². The molecule has 0 unspecified atom stereocenters. The number of hydrogen-bond donors (Lipinski definition) is 2. The standard InChI is InChI=1S/C13H12N2O2.C5H5.Fe/c16-12-8-4-3-7-11(12)13(17)15-14-9-10-5-1-2-6-10;1-2-4-5-3-1;/h1-9,14,16H,(H,15,17);1-5H;/q;-1;+2/p-1. The molecular formula is C18H16FeN2O2. The third-order valence-electron chi connectivity index (χ3n) is 2.80. The third kappa shape index (κ3) is 6.34. The van der Waals surface area contributed by atoms with E-state index in [0.717, 1.165) is 5.57 Å². The van der Waals surface area contributed by atoms with Gasteiger partial charge in [-0.3, -0.25) is 10.2 Å². The molecule has 5 heteroatoms. The van der Waals surface area contributed by atoms with E-state index in [-0.39, 0.29) is 28.4 Å². The zero-order valence-electron chi connectivity index (χ0n) is 12.3. The Labute approximate surface area is 146 Å². The normalized spacial score (nSPS) is 11.0. The molecule has 1 amide bonds. The Hall–Kier alpha value is -2.62. The molecule has 2 N–H and O–H groups in total. The molecule has 0 bridgehead atoms. The topological polar surface area (TPSA) is 64.2 Å². The summed E-state index contributed by atoms with van der Waals surface area (Å²) in [6.07, 6.45) is 9.21. The molecule has 0 spiro atoms. The van der Waals surface area contributed by atoms with Gasteiger partial charge in [-0.1, -0.05) is 54.3 Å². The van der Waals surface area contributed by atoms with Crippen molar-refractivity contribution in [3.8, 4) is 5.75 Å². The van der Waals surface area contributed by atoms with Crippen molar-refractivity contribution in [1.82, 2.24) is 10.9 Å². The second-order valence-electron chi connectivity index (χ2n) is 4.42. The smallest absolute Gasteiger partial charge is 0.872 e. The molecule has 0 fully saturated rings. The van der Waals surface area contributed by atoms with Gasteiger partial charge in [0.25, 0.3) is 5.91 Å². The van der Waals surface area contributed by atoms with E-state index in [9.17, 15) is 9.90 Å². The Morgan fingerprint density at radius 1 is 1.04 bits per heavy atom. The number of allylic oxidation sites excluding steroid dienone is 5. The van der Waals surface area contributed by atoms with Crippen LogP contribution in [-0.4, -0.2) is 5.91 Å². The van der Waals surface area contributed by atoms with Crippen molar-refractivity contribution in [1.29, 1.82) is 0 Å². The minimum Gasteiger partial charge on any atom is -0.872 e. The van der Waals surface area contributed by atoms with E-state index in [2.05, 4.69) is 10.9 Å². The van der Waals surface area contributed by atoms with Crippen LogP contribution in [0.25, 0.3) is 0 Å². The van der Waals surface area contributed by atoms with Crippen LogP contribution in [0, 0.1) is 0 Å². The van der Waals surface area contributed by atoms with Crippen molar-refractivity contribution in [3.63, 3.8) is 0 Å². The van der Waals surface area contributed by atoms with Crippen molar-refractivity contribution < 1.29 is 27.0 Å². The van der Waals surface area contributed by atoms with Crippen LogP contribution in [0.15, 0.2) is 90.7 Å². The molecular weight excluding hydrogens is 332 g/mol. The molecule has 0 aromatic heterocycles. The quantitative estimate of drug-likeness (QED) is 0.509. The van der Waals surface area contributed by atoms with Gasteiger partial charge >= 0.3 is 17.1 Å². The monoisotopic (exact) mass is 348 g/mol. The first-order chi connectivity index (χ1) is 10.8. The molecule has 1 aliphatic carbocycles. The maximum atomic E-state index is 11.6. The van der Waals surface area contributed by atoms with E-state index in [1.54, 1.807) is 18.3 Å². The second-order valence-corrected chi connectivity index (χ2v) is 4.42. The Morgan fingerprint density at radius 2 is 1.70 bits per heavy atom. The Balaban J connectivity index is 0.000000377. The van der Waals surface area contributed by atoms with E-state index in [4.69, 9.17) is 0 Å². The fourth-order valence-corrected chi connectivity index (χ4v) is 1.71. The van der Waals surface area contributed by atoms with Crippen LogP contribution >= 0.6 is 0 Å². The van der Waals surface area contributed by atoms with Crippen molar-refractivity contribution in [2.45, 2.75) is 0 Å². The van der Waals surface area contributed by atoms with Crippen LogP contribution in [0.2, 0.25) is 0 Å². The fraction of sp³-hybridized carbons (Fsp3) is 0. The van der Waals surface area contributed by atoms with Crippen molar-refractivity contribution in [2.24, 2.45) is 0 Å². The van der Waals surface area contributed by atoms with Crippen LogP contribution in [0.1, 0.15) is 10.4 Å². The summed E-state index contributed by atoms with van der Waals surface area (Å²) in [6, 6.07) is 16.1. The predicted molar refractivity (Wildman–Crippen MR) is 84.9 cm³/mol. The summed E-state index contributed by atoms with van der Waals surface area (Å²) in [7, 11) is 0. The number of para-hydroxylation sites is 1. The molecule has 0 atom stereocenters. The molecule has 0 radical (unpaired) electrons. The fourth-order valence-electron chi connectivity index (χ4n) is 1.71. The first-order valence-electron chi connectivity index (χ1n) is 6.81. The second kappa shape index (κ2) is 10.2. The van der Waals surface area contributed by atoms with Gasteiger partial charge in [0.05, 0.1) is 0 Å². The predicted octanol–water partition coefficient (Wildman–Crippen LogP) is 2.41. The summed E-state index contributed by atoms with van der Waals surface area (Å²) in [5, 5.41) is 11.4. The molecule has 1 aliphatic rings. The first kappa shape index (κ1) is 18.4. The molecule has 4 nitrogen and oxygen atoms in total. The van der Waals surface area contributed by atoms with Crippen LogP contribution in [0.4, 0.5) is 0 Å². The van der Waals surface area contributed by atoms with Crippen molar-refractivity contribution in [3.05, 3.63) is 96.2 Å². The van der Waals surface area contributed by atoms with E-state index >= 15 is 0 Å². The van der Waals surface area contributed by atoms with Gasteiger partial charge in [-0.2, -0.15) is 18.2 Å². The van der Waals surface area contributed by atoms with E-state index in [0.29, 0.717) is 0 Å². The molecule has 3 rings (SSSR count). The van der Waals surface area contributed by atoms with E-state index in [1.165, 1.54) is 12.1 Å². The SMILES string of the molecule is O=C(NNC=C1C=CC=C1)c1ccccc1[O-].[Fe+2].c1cc[cH-]c1.